The molecule has 0 saturated carbocycles. The fourth-order valence-electron chi connectivity index (χ4n) is 4.26. The van der Waals surface area contributed by atoms with E-state index < -0.39 is 27.7 Å². The van der Waals surface area contributed by atoms with E-state index in [1.807, 2.05) is 36.4 Å². The van der Waals surface area contributed by atoms with Crippen LogP contribution in [0.5, 0.6) is 0 Å². The van der Waals surface area contributed by atoms with Crippen molar-refractivity contribution in [3.8, 4) is 0 Å². The Morgan fingerprint density at radius 2 is 1.41 bits per heavy atom. The van der Waals surface area contributed by atoms with Crippen molar-refractivity contribution < 1.29 is 27.6 Å². The molecule has 34 heavy (non-hydrogen) atoms. The first-order chi connectivity index (χ1) is 16.2. The highest BCUT2D eigenvalue weighted by molar-refractivity contribution is 14.1. The van der Waals surface area contributed by atoms with E-state index in [0.717, 1.165) is 10.4 Å². The summed E-state index contributed by atoms with van der Waals surface area (Å²) in [5, 5.41) is 1.98. The average Bonchev–Trinajstić information content (AvgIpc) is 2.80. The van der Waals surface area contributed by atoms with Crippen molar-refractivity contribution in [2.75, 3.05) is 24.2 Å². The number of carbonyl (C=O) groups is 1. The SMILES string of the molecule is CCOP(=O)(OCC)[C@@H](CI)[C@@H](CO[Si](c1ccccc1)(c1ccccc1)C(C)(C)C)OC=O. The lowest BCUT2D eigenvalue weighted by atomic mass is 10.2. The zero-order valence-electron chi connectivity index (χ0n) is 20.6. The zero-order valence-corrected chi connectivity index (χ0v) is 24.7. The maximum atomic E-state index is 13.6. The van der Waals surface area contributed by atoms with Gasteiger partial charge in [-0.25, -0.2) is 0 Å². The van der Waals surface area contributed by atoms with Crippen LogP contribution >= 0.6 is 30.2 Å². The second kappa shape index (κ2) is 13.3. The number of halogens is 1. The monoisotopic (exact) mass is 618 g/mol. The molecule has 0 aliphatic rings. The minimum absolute atomic E-state index is 0.0732. The third-order valence-electron chi connectivity index (χ3n) is 5.72. The molecule has 0 fully saturated rings. The Labute approximate surface area is 218 Å². The average molecular weight is 619 g/mol. The first kappa shape index (κ1) is 29.2. The van der Waals surface area contributed by atoms with Crippen molar-refractivity contribution in [1.82, 2.24) is 0 Å². The fraction of sp³-hybridized carbons (Fsp3) is 0.480. The number of hydrogen-bond acceptors (Lipinski definition) is 6. The molecule has 2 rings (SSSR count). The molecule has 2 aromatic rings. The highest BCUT2D eigenvalue weighted by Crippen LogP contribution is 2.55. The van der Waals surface area contributed by atoms with Crippen molar-refractivity contribution in [3.63, 3.8) is 0 Å². The van der Waals surface area contributed by atoms with E-state index in [0.29, 0.717) is 10.9 Å². The molecule has 0 radical (unpaired) electrons. The molecule has 0 spiro atoms. The smallest absolute Gasteiger partial charge is 0.338 e. The van der Waals surface area contributed by atoms with Gasteiger partial charge in [-0.15, -0.1) is 0 Å². The summed E-state index contributed by atoms with van der Waals surface area (Å²) in [5.74, 6) is 0. The molecule has 0 saturated heterocycles. The number of carbonyl (C=O) groups excluding carboxylic acids is 1. The predicted molar refractivity (Wildman–Crippen MR) is 148 cm³/mol. The molecule has 2 aromatic carbocycles. The summed E-state index contributed by atoms with van der Waals surface area (Å²) >= 11 is 2.14. The molecule has 0 aliphatic heterocycles. The quantitative estimate of drug-likeness (QED) is 0.0957. The van der Waals surface area contributed by atoms with Gasteiger partial charge in [-0.3, -0.25) is 9.36 Å². The highest BCUT2D eigenvalue weighted by Gasteiger charge is 2.51. The van der Waals surface area contributed by atoms with E-state index in [1.54, 1.807) is 13.8 Å². The van der Waals surface area contributed by atoms with Gasteiger partial charge in [0.25, 0.3) is 14.8 Å². The Kier molecular flexibility index (Phi) is 11.4. The van der Waals surface area contributed by atoms with Gasteiger partial charge in [0.05, 0.1) is 19.8 Å². The molecule has 0 aliphatic carbocycles. The number of ether oxygens (including phenoxy) is 1. The van der Waals surface area contributed by atoms with Crippen LogP contribution in [-0.4, -0.2) is 50.8 Å². The van der Waals surface area contributed by atoms with Crippen molar-refractivity contribution in [3.05, 3.63) is 60.7 Å². The molecule has 0 N–H and O–H groups in total. The maximum Gasteiger partial charge on any atom is 0.338 e. The van der Waals surface area contributed by atoms with Gasteiger partial charge in [0.1, 0.15) is 11.8 Å². The molecule has 2 atom stereocenters. The van der Waals surface area contributed by atoms with Crippen LogP contribution in [0.1, 0.15) is 34.6 Å². The van der Waals surface area contributed by atoms with Crippen molar-refractivity contribution >= 4 is 55.3 Å². The number of benzene rings is 2. The Morgan fingerprint density at radius 3 is 1.76 bits per heavy atom. The molecular weight excluding hydrogens is 582 g/mol. The summed E-state index contributed by atoms with van der Waals surface area (Å²) in [6.45, 7) is 11.0. The van der Waals surface area contributed by atoms with Gasteiger partial charge in [0.15, 0.2) is 0 Å². The Morgan fingerprint density at radius 1 is 0.941 bits per heavy atom. The number of rotatable bonds is 14. The Balaban J connectivity index is 2.57. The topological polar surface area (TPSA) is 71.1 Å². The van der Waals surface area contributed by atoms with Gasteiger partial charge in [-0.2, -0.15) is 0 Å². The molecular formula is C25H36IO6PSi. The third-order valence-corrected chi connectivity index (χ3v) is 14.9. The number of hydrogen-bond donors (Lipinski definition) is 0. The lowest BCUT2D eigenvalue weighted by Crippen LogP contribution is -2.67. The largest absolute Gasteiger partial charge is 0.461 e. The van der Waals surface area contributed by atoms with Gasteiger partial charge < -0.3 is 18.2 Å². The van der Waals surface area contributed by atoms with Crippen molar-refractivity contribution in [2.45, 2.75) is 51.4 Å². The van der Waals surface area contributed by atoms with Gasteiger partial charge in [-0.1, -0.05) is 104 Å². The first-order valence-corrected chi connectivity index (χ1v) is 16.5. The highest BCUT2D eigenvalue weighted by atomic mass is 127. The number of alkyl halides is 1. The lowest BCUT2D eigenvalue weighted by Gasteiger charge is -2.44. The lowest BCUT2D eigenvalue weighted by molar-refractivity contribution is -0.135. The van der Waals surface area contributed by atoms with Crippen LogP contribution in [0, 0.1) is 0 Å². The zero-order chi connectivity index (χ0) is 25.2. The van der Waals surface area contributed by atoms with Gasteiger partial charge in [0.2, 0.25) is 0 Å². The third kappa shape index (κ3) is 6.59. The minimum atomic E-state index is -3.54. The molecule has 6 nitrogen and oxygen atoms in total. The summed E-state index contributed by atoms with van der Waals surface area (Å²) in [7, 11) is -6.40. The first-order valence-electron chi connectivity index (χ1n) is 11.5. The summed E-state index contributed by atoms with van der Waals surface area (Å²) in [4.78, 5) is 11.5. The van der Waals surface area contributed by atoms with Crippen LogP contribution in [0.4, 0.5) is 0 Å². The second-order valence-corrected chi connectivity index (χ2v) is 16.3. The molecule has 0 amide bonds. The summed E-state index contributed by atoms with van der Waals surface area (Å²) in [6.07, 6.45) is -0.792. The van der Waals surface area contributed by atoms with E-state index in [4.69, 9.17) is 18.2 Å². The van der Waals surface area contributed by atoms with E-state index >= 15 is 0 Å². The molecule has 0 heterocycles. The molecule has 0 unspecified atom stereocenters. The van der Waals surface area contributed by atoms with Crippen LogP contribution in [0.15, 0.2) is 60.7 Å². The predicted octanol–water partition coefficient (Wildman–Crippen LogP) is 5.17. The van der Waals surface area contributed by atoms with Crippen LogP contribution in [0.2, 0.25) is 5.04 Å². The van der Waals surface area contributed by atoms with E-state index in [-0.39, 0.29) is 24.9 Å². The standard InChI is InChI=1S/C25H36IO6PSi/c1-6-30-33(28,31-7-2)24(18-26)23(29-20-27)19-32-34(25(3,4)5,21-14-10-8-11-15-21)22-16-12-9-13-17-22/h8-17,20,23-24H,6-7,18-19H2,1-5H3/t23-,24+/m1/s1. The van der Waals surface area contributed by atoms with Crippen LogP contribution < -0.4 is 10.4 Å². The molecule has 9 heteroatoms. The Bertz CT molecular complexity index is 873. The van der Waals surface area contributed by atoms with E-state index in [1.165, 1.54) is 0 Å². The van der Waals surface area contributed by atoms with Crippen LogP contribution in [0.25, 0.3) is 0 Å². The van der Waals surface area contributed by atoms with Gasteiger partial charge >= 0.3 is 7.60 Å². The normalized spacial score (nSPS) is 14.4. The minimum Gasteiger partial charge on any atom is -0.461 e. The summed E-state index contributed by atoms with van der Waals surface area (Å²) < 4.78 is 37.7. The summed E-state index contributed by atoms with van der Waals surface area (Å²) in [5.41, 5.74) is -0.656. The molecule has 0 bridgehead atoms. The van der Waals surface area contributed by atoms with E-state index in [2.05, 4.69) is 67.6 Å². The van der Waals surface area contributed by atoms with Gasteiger partial charge in [0, 0.05) is 4.43 Å². The molecule has 188 valence electrons. The maximum absolute atomic E-state index is 13.6. The fourth-order valence-corrected chi connectivity index (χ4v) is 12.8. The second-order valence-electron chi connectivity index (χ2n) is 8.84. The van der Waals surface area contributed by atoms with Crippen LogP contribution in [0.3, 0.4) is 0 Å². The van der Waals surface area contributed by atoms with Crippen molar-refractivity contribution in [2.24, 2.45) is 0 Å². The summed E-state index contributed by atoms with van der Waals surface area (Å²) in [6, 6.07) is 20.4. The van der Waals surface area contributed by atoms with Crippen molar-refractivity contribution in [1.29, 1.82) is 0 Å². The van der Waals surface area contributed by atoms with E-state index in [9.17, 15) is 9.36 Å². The van der Waals surface area contributed by atoms with Crippen LogP contribution in [-0.2, 0) is 27.6 Å². The van der Waals surface area contributed by atoms with Gasteiger partial charge in [-0.05, 0) is 29.3 Å². The Hall–Kier alpha value is -1.03. The molecule has 0 aromatic heterocycles.